The molecule has 6 heteroatoms. The van der Waals surface area contributed by atoms with Gasteiger partial charge in [-0.05, 0) is 45.9 Å². The first-order valence-corrected chi connectivity index (χ1v) is 7.19. The molecule has 1 amide bonds. The summed E-state index contributed by atoms with van der Waals surface area (Å²) in [5.74, 6) is 1.77. The van der Waals surface area contributed by atoms with Crippen LogP contribution in [0.4, 0.5) is 5.82 Å². The number of anilines is 1. The number of hydrogen-bond acceptors (Lipinski definition) is 4. The van der Waals surface area contributed by atoms with Crippen LogP contribution < -0.4 is 5.32 Å². The van der Waals surface area contributed by atoms with E-state index in [9.17, 15) is 4.79 Å². The summed E-state index contributed by atoms with van der Waals surface area (Å²) < 4.78 is 7.09. The Morgan fingerprint density at radius 2 is 2.05 bits per heavy atom. The average molecular weight is 298 g/mol. The maximum atomic E-state index is 12.3. The van der Waals surface area contributed by atoms with E-state index < -0.39 is 0 Å². The number of imidazole rings is 1. The molecule has 2 heterocycles. The zero-order valence-corrected chi connectivity index (χ0v) is 13.0. The molecule has 1 N–H and O–H groups in total. The van der Waals surface area contributed by atoms with Crippen molar-refractivity contribution in [3.05, 3.63) is 41.4 Å². The van der Waals surface area contributed by atoms with Crippen molar-refractivity contribution in [3.8, 4) is 0 Å². The summed E-state index contributed by atoms with van der Waals surface area (Å²) in [5.41, 5.74) is 2.39. The number of hydrogen-bond donors (Lipinski definition) is 1. The number of nitrogens with zero attached hydrogens (tertiary/aromatic N) is 3. The number of aryl methyl sites for hydroxylation is 2. The Morgan fingerprint density at radius 3 is 2.68 bits per heavy atom. The van der Waals surface area contributed by atoms with E-state index in [1.807, 2.05) is 13.0 Å². The molecular formula is C16H18N4O2. The zero-order valence-electron chi connectivity index (χ0n) is 13.0. The van der Waals surface area contributed by atoms with Crippen LogP contribution in [0.3, 0.4) is 0 Å². The van der Waals surface area contributed by atoms with E-state index in [4.69, 9.17) is 4.52 Å². The van der Waals surface area contributed by atoms with Gasteiger partial charge in [0.2, 0.25) is 0 Å². The Hall–Kier alpha value is -2.63. The fraction of sp³-hybridized carbons (Fsp3) is 0.312. The molecule has 0 unspecified atom stereocenters. The average Bonchev–Trinajstić information content (AvgIpc) is 2.99. The van der Waals surface area contributed by atoms with Gasteiger partial charge in [0.15, 0.2) is 5.82 Å². The van der Waals surface area contributed by atoms with Gasteiger partial charge in [0.05, 0.1) is 11.0 Å². The Balaban J connectivity index is 1.93. The molecule has 0 bridgehead atoms. The van der Waals surface area contributed by atoms with E-state index >= 15 is 0 Å². The topological polar surface area (TPSA) is 73.0 Å². The molecule has 1 aromatic carbocycles. The normalized spacial score (nSPS) is 11.3. The molecule has 0 aliphatic carbocycles. The SMILES string of the molecule is Cc1cc(NC(=O)c2ccc3c(c2)nc(C)n3C(C)C)no1. The molecule has 0 atom stereocenters. The first kappa shape index (κ1) is 14.3. The number of amides is 1. The van der Waals surface area contributed by atoms with Crippen LogP contribution in [0.15, 0.2) is 28.8 Å². The largest absolute Gasteiger partial charge is 0.360 e. The fourth-order valence-corrected chi connectivity index (χ4v) is 2.63. The summed E-state index contributed by atoms with van der Waals surface area (Å²) in [5, 5.41) is 6.47. The molecule has 0 aliphatic rings. The highest BCUT2D eigenvalue weighted by Gasteiger charge is 2.14. The van der Waals surface area contributed by atoms with Crippen molar-refractivity contribution < 1.29 is 9.32 Å². The predicted molar refractivity (Wildman–Crippen MR) is 84.0 cm³/mol. The van der Waals surface area contributed by atoms with Crippen molar-refractivity contribution in [2.75, 3.05) is 5.32 Å². The quantitative estimate of drug-likeness (QED) is 0.803. The van der Waals surface area contributed by atoms with Gasteiger partial charge in [-0.2, -0.15) is 0 Å². The third-order valence-corrected chi connectivity index (χ3v) is 3.51. The molecule has 2 aromatic heterocycles. The molecule has 0 fully saturated rings. The third-order valence-electron chi connectivity index (χ3n) is 3.51. The summed E-state index contributed by atoms with van der Waals surface area (Å²) in [6.45, 7) is 7.97. The second-order valence-corrected chi connectivity index (χ2v) is 5.60. The van der Waals surface area contributed by atoms with E-state index in [1.165, 1.54) is 0 Å². The number of rotatable bonds is 3. The first-order valence-electron chi connectivity index (χ1n) is 7.19. The zero-order chi connectivity index (χ0) is 15.9. The summed E-state index contributed by atoms with van der Waals surface area (Å²) in [6, 6.07) is 7.52. The van der Waals surface area contributed by atoms with Crippen LogP contribution in [-0.4, -0.2) is 20.6 Å². The van der Waals surface area contributed by atoms with Crippen LogP contribution in [0.1, 0.15) is 41.8 Å². The van der Waals surface area contributed by atoms with Gasteiger partial charge in [-0.1, -0.05) is 5.16 Å². The van der Waals surface area contributed by atoms with Crippen molar-refractivity contribution in [1.29, 1.82) is 0 Å². The highest BCUT2D eigenvalue weighted by atomic mass is 16.5. The van der Waals surface area contributed by atoms with Gasteiger partial charge < -0.3 is 14.4 Å². The van der Waals surface area contributed by atoms with Crippen LogP contribution in [0, 0.1) is 13.8 Å². The van der Waals surface area contributed by atoms with Crippen molar-refractivity contribution in [3.63, 3.8) is 0 Å². The van der Waals surface area contributed by atoms with Gasteiger partial charge in [0, 0.05) is 17.7 Å². The number of carbonyl (C=O) groups excluding carboxylic acids is 1. The molecule has 0 radical (unpaired) electrons. The minimum absolute atomic E-state index is 0.230. The molecule has 6 nitrogen and oxygen atoms in total. The van der Waals surface area contributed by atoms with Crippen LogP contribution in [-0.2, 0) is 0 Å². The van der Waals surface area contributed by atoms with E-state index in [0.29, 0.717) is 23.2 Å². The van der Waals surface area contributed by atoms with Crippen LogP contribution in [0.2, 0.25) is 0 Å². The molecule has 3 aromatic rings. The molecule has 0 saturated carbocycles. The summed E-state index contributed by atoms with van der Waals surface area (Å²) in [4.78, 5) is 16.8. The Labute approximate surface area is 128 Å². The van der Waals surface area contributed by atoms with Gasteiger partial charge >= 0.3 is 0 Å². The minimum atomic E-state index is -0.230. The second-order valence-electron chi connectivity index (χ2n) is 5.60. The molecule has 0 spiro atoms. The molecular weight excluding hydrogens is 280 g/mol. The Morgan fingerprint density at radius 1 is 1.27 bits per heavy atom. The van der Waals surface area contributed by atoms with Crippen molar-refractivity contribution >= 4 is 22.8 Å². The van der Waals surface area contributed by atoms with Gasteiger partial charge in [0.1, 0.15) is 11.6 Å². The minimum Gasteiger partial charge on any atom is -0.360 e. The molecule has 22 heavy (non-hydrogen) atoms. The maximum Gasteiger partial charge on any atom is 0.256 e. The van der Waals surface area contributed by atoms with Crippen molar-refractivity contribution in [2.24, 2.45) is 0 Å². The van der Waals surface area contributed by atoms with Crippen LogP contribution in [0.5, 0.6) is 0 Å². The lowest BCUT2D eigenvalue weighted by Gasteiger charge is -2.10. The first-order chi connectivity index (χ1) is 10.5. The Bertz CT molecular complexity index is 845. The lowest BCUT2D eigenvalue weighted by molar-refractivity contribution is 0.102. The highest BCUT2D eigenvalue weighted by Crippen LogP contribution is 2.22. The monoisotopic (exact) mass is 298 g/mol. The summed E-state index contributed by atoms with van der Waals surface area (Å²) in [6.07, 6.45) is 0. The van der Waals surface area contributed by atoms with E-state index in [0.717, 1.165) is 16.9 Å². The second kappa shape index (κ2) is 5.29. The molecule has 0 saturated heterocycles. The van der Waals surface area contributed by atoms with Crippen molar-refractivity contribution in [2.45, 2.75) is 33.7 Å². The standard InChI is InChI=1S/C16H18N4O2/c1-9(2)20-11(4)17-13-8-12(5-6-14(13)20)16(21)18-15-7-10(3)22-19-15/h5-9H,1-4H3,(H,18,19,21). The van der Waals surface area contributed by atoms with E-state index in [-0.39, 0.29) is 5.91 Å². The summed E-state index contributed by atoms with van der Waals surface area (Å²) in [7, 11) is 0. The van der Waals surface area contributed by atoms with Crippen molar-refractivity contribution in [1.82, 2.24) is 14.7 Å². The smallest absolute Gasteiger partial charge is 0.256 e. The predicted octanol–water partition coefficient (Wildman–Crippen LogP) is 3.47. The number of nitrogens with one attached hydrogen (secondary N) is 1. The lowest BCUT2D eigenvalue weighted by Crippen LogP contribution is -2.12. The van der Waals surface area contributed by atoms with Crippen LogP contribution in [0.25, 0.3) is 11.0 Å². The fourth-order valence-electron chi connectivity index (χ4n) is 2.63. The maximum absolute atomic E-state index is 12.3. The third kappa shape index (κ3) is 2.47. The highest BCUT2D eigenvalue weighted by molar-refractivity contribution is 6.05. The van der Waals surface area contributed by atoms with Gasteiger partial charge in [-0.15, -0.1) is 0 Å². The Kier molecular flexibility index (Phi) is 3.44. The lowest BCUT2D eigenvalue weighted by atomic mass is 10.2. The summed E-state index contributed by atoms with van der Waals surface area (Å²) >= 11 is 0. The van der Waals surface area contributed by atoms with E-state index in [2.05, 4.69) is 33.9 Å². The molecule has 114 valence electrons. The number of aromatic nitrogens is 3. The van der Waals surface area contributed by atoms with Gasteiger partial charge in [0.25, 0.3) is 5.91 Å². The number of fused-ring (bicyclic) bond motifs is 1. The number of carbonyl (C=O) groups is 1. The molecule has 0 aliphatic heterocycles. The number of benzene rings is 1. The van der Waals surface area contributed by atoms with E-state index in [1.54, 1.807) is 25.1 Å². The van der Waals surface area contributed by atoms with Crippen LogP contribution >= 0.6 is 0 Å². The van der Waals surface area contributed by atoms with Gasteiger partial charge in [-0.25, -0.2) is 4.98 Å². The van der Waals surface area contributed by atoms with Gasteiger partial charge in [-0.3, -0.25) is 4.79 Å². The molecule has 3 rings (SSSR count).